The van der Waals surface area contributed by atoms with Gasteiger partial charge in [-0.3, -0.25) is 8.75 Å². The molecule has 0 aliphatic carbocycles. The summed E-state index contributed by atoms with van der Waals surface area (Å²) < 4.78 is 2.36. The third-order valence-corrected chi connectivity index (χ3v) is 3.81. The van der Waals surface area contributed by atoms with Gasteiger partial charge in [0.25, 0.3) is 5.56 Å². The molecule has 0 amide bonds. The first-order valence-corrected chi connectivity index (χ1v) is 6.69. The van der Waals surface area contributed by atoms with Gasteiger partial charge in [-0.05, 0) is 23.9 Å². The van der Waals surface area contributed by atoms with E-state index in [0.29, 0.717) is 10.3 Å². The van der Waals surface area contributed by atoms with Crippen LogP contribution in [-0.2, 0) is 6.54 Å². The average molecular weight is 248 g/mol. The van der Waals surface area contributed by atoms with Gasteiger partial charge in [-0.2, -0.15) is 0 Å². The molecular weight excluding hydrogens is 230 g/mol. The van der Waals surface area contributed by atoms with E-state index in [1.807, 2.05) is 0 Å². The monoisotopic (exact) mass is 247 g/mol. The zero-order chi connectivity index (χ0) is 11.3. The van der Waals surface area contributed by atoms with Gasteiger partial charge in [0.05, 0.1) is 0 Å². The maximum absolute atomic E-state index is 11.5. The molecule has 0 aliphatic heterocycles. The Labute approximate surface area is 100 Å². The maximum Gasteiger partial charge on any atom is 0.262 e. The topological polar surface area (TPSA) is 22.0 Å². The lowest BCUT2D eigenvalue weighted by molar-refractivity contribution is 0.399. The molecule has 0 radical (unpaired) electrons. The minimum atomic E-state index is 0.0416. The minimum absolute atomic E-state index is 0.0416. The molecule has 0 aliphatic rings. The van der Waals surface area contributed by atoms with Crippen LogP contribution >= 0.6 is 23.1 Å². The summed E-state index contributed by atoms with van der Waals surface area (Å²) in [6.07, 6.45) is 4.79. The maximum atomic E-state index is 11.5. The summed E-state index contributed by atoms with van der Waals surface area (Å²) in [5.41, 5.74) is 0.0416. The van der Waals surface area contributed by atoms with E-state index in [1.54, 1.807) is 3.96 Å². The van der Waals surface area contributed by atoms with Gasteiger partial charge in [0.1, 0.15) is 4.34 Å². The molecule has 1 atom stereocenters. The van der Waals surface area contributed by atoms with Crippen molar-refractivity contribution in [3.8, 4) is 0 Å². The van der Waals surface area contributed by atoms with Crippen molar-refractivity contribution in [2.75, 3.05) is 0 Å². The van der Waals surface area contributed by atoms with Gasteiger partial charge in [0.15, 0.2) is 0 Å². The summed E-state index contributed by atoms with van der Waals surface area (Å²) in [5.74, 6) is 0.609. The van der Waals surface area contributed by atoms with Crippen LogP contribution in [0.5, 0.6) is 0 Å². The molecular formula is C11H18ClNOS. The number of halogens is 1. The summed E-state index contributed by atoms with van der Waals surface area (Å²) in [5, 5.41) is 0. The van der Waals surface area contributed by atoms with Gasteiger partial charge in [-0.25, -0.2) is 0 Å². The van der Waals surface area contributed by atoms with Gasteiger partial charge in [0.2, 0.25) is 0 Å². The highest BCUT2D eigenvalue weighted by molar-refractivity contribution is 7.11. The summed E-state index contributed by atoms with van der Waals surface area (Å²) in [7, 11) is 0. The average Bonchev–Trinajstić information content (AvgIpc) is 2.52. The highest BCUT2D eigenvalue weighted by atomic mass is 35.5. The highest BCUT2D eigenvalue weighted by Crippen LogP contribution is 2.18. The molecule has 1 rings (SSSR count). The Hall–Kier alpha value is -0.280. The third-order valence-electron chi connectivity index (χ3n) is 2.65. The van der Waals surface area contributed by atoms with E-state index >= 15 is 0 Å². The number of hydrogen-bond acceptors (Lipinski definition) is 2. The van der Waals surface area contributed by atoms with Crippen LogP contribution in [-0.4, -0.2) is 3.96 Å². The standard InChI is InChI=1S/C11H18ClNOS/c1-3-5-6-9(4-2)8-13-11(14)7-10(12)15-13/h7,9H,3-6,8H2,1-2H3. The largest absolute Gasteiger partial charge is 0.268 e. The second-order valence-electron chi connectivity index (χ2n) is 3.86. The smallest absolute Gasteiger partial charge is 0.262 e. The fourth-order valence-electron chi connectivity index (χ4n) is 1.62. The van der Waals surface area contributed by atoms with Crippen molar-refractivity contribution in [2.45, 2.75) is 46.1 Å². The van der Waals surface area contributed by atoms with Crippen LogP contribution in [0.15, 0.2) is 10.9 Å². The van der Waals surface area contributed by atoms with Gasteiger partial charge in [-0.15, -0.1) is 0 Å². The van der Waals surface area contributed by atoms with Crippen molar-refractivity contribution in [1.82, 2.24) is 3.96 Å². The highest BCUT2D eigenvalue weighted by Gasteiger charge is 2.09. The van der Waals surface area contributed by atoms with Crippen LogP contribution in [0.3, 0.4) is 0 Å². The van der Waals surface area contributed by atoms with Crippen molar-refractivity contribution in [1.29, 1.82) is 0 Å². The van der Waals surface area contributed by atoms with E-state index in [9.17, 15) is 4.79 Å². The van der Waals surface area contributed by atoms with Crippen molar-refractivity contribution < 1.29 is 0 Å². The Balaban J connectivity index is 2.58. The van der Waals surface area contributed by atoms with E-state index in [-0.39, 0.29) is 5.56 Å². The van der Waals surface area contributed by atoms with E-state index in [2.05, 4.69) is 13.8 Å². The molecule has 1 aromatic rings. The SMILES string of the molecule is CCCCC(CC)Cn1sc(Cl)cc1=O. The summed E-state index contributed by atoms with van der Waals surface area (Å²) >= 11 is 7.16. The van der Waals surface area contributed by atoms with Crippen molar-refractivity contribution in [3.63, 3.8) is 0 Å². The number of rotatable bonds is 6. The van der Waals surface area contributed by atoms with Crippen LogP contribution in [0.1, 0.15) is 39.5 Å². The molecule has 86 valence electrons. The lowest BCUT2D eigenvalue weighted by Gasteiger charge is -2.13. The first-order valence-electron chi connectivity index (χ1n) is 5.54. The van der Waals surface area contributed by atoms with Crippen LogP contribution in [0.4, 0.5) is 0 Å². The van der Waals surface area contributed by atoms with Gasteiger partial charge in [0, 0.05) is 12.6 Å². The van der Waals surface area contributed by atoms with Crippen molar-refractivity contribution >= 4 is 23.1 Å². The predicted octanol–water partition coefficient (Wildman–Crippen LogP) is 3.78. The second-order valence-corrected chi connectivity index (χ2v) is 5.55. The molecule has 4 heteroatoms. The number of nitrogens with zero attached hydrogens (tertiary/aromatic N) is 1. The lowest BCUT2D eigenvalue weighted by Crippen LogP contribution is -2.17. The Bertz CT molecular complexity index is 345. The summed E-state index contributed by atoms with van der Waals surface area (Å²) in [4.78, 5) is 11.5. The van der Waals surface area contributed by atoms with Crippen molar-refractivity contribution in [3.05, 3.63) is 20.8 Å². The number of hydrogen-bond donors (Lipinski definition) is 0. The predicted molar refractivity (Wildman–Crippen MR) is 66.9 cm³/mol. The van der Waals surface area contributed by atoms with Gasteiger partial charge >= 0.3 is 0 Å². The molecule has 0 aromatic carbocycles. The Morgan fingerprint density at radius 2 is 2.27 bits per heavy atom. The lowest BCUT2D eigenvalue weighted by atomic mass is 10.00. The van der Waals surface area contributed by atoms with Crippen LogP contribution in [0, 0.1) is 5.92 Å². The van der Waals surface area contributed by atoms with Crippen LogP contribution < -0.4 is 5.56 Å². The molecule has 0 fully saturated rings. The second kappa shape index (κ2) is 6.33. The molecule has 0 spiro atoms. The Morgan fingerprint density at radius 3 is 2.73 bits per heavy atom. The number of unbranched alkanes of at least 4 members (excludes halogenated alkanes) is 1. The fraction of sp³-hybridized carbons (Fsp3) is 0.727. The zero-order valence-electron chi connectivity index (χ0n) is 9.33. The molecule has 0 bridgehead atoms. The first-order chi connectivity index (χ1) is 7.17. The molecule has 0 saturated carbocycles. The molecule has 2 nitrogen and oxygen atoms in total. The molecule has 1 aromatic heterocycles. The van der Waals surface area contributed by atoms with E-state index in [0.717, 1.165) is 13.0 Å². The fourth-order valence-corrected chi connectivity index (χ4v) is 2.76. The van der Waals surface area contributed by atoms with E-state index < -0.39 is 0 Å². The quantitative estimate of drug-likeness (QED) is 0.750. The van der Waals surface area contributed by atoms with E-state index in [1.165, 1.54) is 36.9 Å². The van der Waals surface area contributed by atoms with Crippen molar-refractivity contribution in [2.24, 2.45) is 5.92 Å². The molecule has 0 saturated heterocycles. The van der Waals surface area contributed by atoms with Gasteiger partial charge in [-0.1, -0.05) is 44.7 Å². The van der Waals surface area contributed by atoms with E-state index in [4.69, 9.17) is 11.6 Å². The number of aromatic nitrogens is 1. The Morgan fingerprint density at radius 1 is 1.53 bits per heavy atom. The molecule has 1 heterocycles. The summed E-state index contributed by atoms with van der Waals surface area (Å²) in [6, 6.07) is 1.50. The van der Waals surface area contributed by atoms with Gasteiger partial charge < -0.3 is 0 Å². The molecule has 1 unspecified atom stereocenters. The third kappa shape index (κ3) is 3.99. The first kappa shape index (κ1) is 12.8. The normalized spacial score (nSPS) is 13.0. The van der Waals surface area contributed by atoms with Crippen LogP contribution in [0.25, 0.3) is 0 Å². The molecule has 0 N–H and O–H groups in total. The Kier molecular flexibility index (Phi) is 5.40. The van der Waals surface area contributed by atoms with Crippen LogP contribution in [0.2, 0.25) is 4.34 Å². The zero-order valence-corrected chi connectivity index (χ0v) is 10.9. The minimum Gasteiger partial charge on any atom is -0.268 e. The molecule has 15 heavy (non-hydrogen) atoms. The summed E-state index contributed by atoms with van der Waals surface area (Å²) in [6.45, 7) is 5.20.